The fourth-order valence-corrected chi connectivity index (χ4v) is 3.37. The van der Waals surface area contributed by atoms with E-state index in [-0.39, 0.29) is 16.0 Å². The van der Waals surface area contributed by atoms with Crippen molar-refractivity contribution in [3.63, 3.8) is 0 Å². The molecule has 2 N–H and O–H groups in total. The summed E-state index contributed by atoms with van der Waals surface area (Å²) in [6.07, 6.45) is 0. The second kappa shape index (κ2) is 5.57. The van der Waals surface area contributed by atoms with E-state index in [9.17, 15) is 13.2 Å². The largest absolute Gasteiger partial charge is 0.478 e. The zero-order chi connectivity index (χ0) is 15.6. The van der Waals surface area contributed by atoms with E-state index < -0.39 is 16.0 Å². The lowest BCUT2D eigenvalue weighted by Crippen LogP contribution is -2.16. The Balaban J connectivity index is 2.45. The molecule has 0 saturated carbocycles. The molecule has 0 spiro atoms. The molecule has 0 aliphatic heterocycles. The number of carboxylic acid groups (broad SMARTS) is 1. The summed E-state index contributed by atoms with van der Waals surface area (Å²) in [7, 11) is -3.83. The van der Waals surface area contributed by atoms with Gasteiger partial charge in [-0.2, -0.15) is 0 Å². The van der Waals surface area contributed by atoms with Crippen molar-refractivity contribution in [1.29, 1.82) is 0 Å². The van der Waals surface area contributed by atoms with Gasteiger partial charge in [-0.3, -0.25) is 4.72 Å². The van der Waals surface area contributed by atoms with Crippen molar-refractivity contribution in [1.82, 2.24) is 0 Å². The first-order valence-corrected chi connectivity index (χ1v) is 7.72. The van der Waals surface area contributed by atoms with Crippen LogP contribution in [0.1, 0.15) is 21.5 Å². The highest BCUT2D eigenvalue weighted by molar-refractivity contribution is 7.92. The Morgan fingerprint density at radius 1 is 1.10 bits per heavy atom. The zero-order valence-corrected chi connectivity index (χ0v) is 12.4. The van der Waals surface area contributed by atoms with Gasteiger partial charge in [0.25, 0.3) is 10.0 Å². The number of hydrogen-bond donors (Lipinski definition) is 2. The van der Waals surface area contributed by atoms with E-state index in [0.717, 1.165) is 5.56 Å². The first-order valence-electron chi connectivity index (χ1n) is 6.23. The number of aryl methyl sites for hydroxylation is 1. The third kappa shape index (κ3) is 3.22. The standard InChI is InChI=1S/C15H15NO4S/c1-10-5-3-6-12(9-10)16-21(19,20)14-8-4-7-13(11(14)2)15(17)18/h3-9,16H,1-2H3,(H,17,18). The smallest absolute Gasteiger partial charge is 0.335 e. The van der Waals surface area contributed by atoms with Crippen molar-refractivity contribution in [2.24, 2.45) is 0 Å². The van der Waals surface area contributed by atoms with Crippen LogP contribution in [0.4, 0.5) is 5.69 Å². The van der Waals surface area contributed by atoms with Crippen LogP contribution in [0.2, 0.25) is 0 Å². The lowest BCUT2D eigenvalue weighted by atomic mass is 10.1. The molecule has 0 aromatic heterocycles. The second-order valence-electron chi connectivity index (χ2n) is 4.71. The fourth-order valence-electron chi connectivity index (χ4n) is 2.06. The van der Waals surface area contributed by atoms with E-state index in [0.29, 0.717) is 5.69 Å². The Morgan fingerprint density at radius 2 is 1.76 bits per heavy atom. The molecule has 5 nitrogen and oxygen atoms in total. The molecule has 0 aliphatic rings. The minimum atomic E-state index is -3.83. The first-order chi connectivity index (χ1) is 9.81. The molecule has 0 radical (unpaired) electrons. The average Bonchev–Trinajstić information content (AvgIpc) is 2.37. The molecule has 21 heavy (non-hydrogen) atoms. The van der Waals surface area contributed by atoms with Gasteiger partial charge in [0.1, 0.15) is 0 Å². The van der Waals surface area contributed by atoms with Crippen LogP contribution < -0.4 is 4.72 Å². The molecule has 0 amide bonds. The molecule has 0 atom stereocenters. The van der Waals surface area contributed by atoms with E-state index >= 15 is 0 Å². The third-order valence-corrected chi connectivity index (χ3v) is 4.60. The Hall–Kier alpha value is -2.34. The first kappa shape index (κ1) is 15.1. The van der Waals surface area contributed by atoms with Crippen LogP contribution in [0, 0.1) is 13.8 Å². The van der Waals surface area contributed by atoms with Gasteiger partial charge in [0.2, 0.25) is 0 Å². The number of carboxylic acids is 1. The van der Waals surface area contributed by atoms with Crippen molar-refractivity contribution in [3.8, 4) is 0 Å². The molecule has 110 valence electrons. The van der Waals surface area contributed by atoms with Crippen molar-refractivity contribution in [2.75, 3.05) is 4.72 Å². The average molecular weight is 305 g/mol. The molecular formula is C15H15NO4S. The second-order valence-corrected chi connectivity index (χ2v) is 6.36. The van der Waals surface area contributed by atoms with Crippen molar-refractivity contribution < 1.29 is 18.3 Å². The topological polar surface area (TPSA) is 83.5 Å². The number of nitrogens with one attached hydrogen (secondary N) is 1. The SMILES string of the molecule is Cc1cccc(NS(=O)(=O)c2cccc(C(=O)O)c2C)c1. The van der Waals surface area contributed by atoms with Gasteiger partial charge in [-0.1, -0.05) is 18.2 Å². The van der Waals surface area contributed by atoms with E-state index in [4.69, 9.17) is 5.11 Å². The van der Waals surface area contributed by atoms with E-state index in [2.05, 4.69) is 4.72 Å². The summed E-state index contributed by atoms with van der Waals surface area (Å²) < 4.78 is 27.3. The maximum atomic E-state index is 12.4. The van der Waals surface area contributed by atoms with Gasteiger partial charge in [0, 0.05) is 5.69 Å². The van der Waals surface area contributed by atoms with Gasteiger partial charge in [-0.15, -0.1) is 0 Å². The number of benzene rings is 2. The normalized spacial score (nSPS) is 11.1. The van der Waals surface area contributed by atoms with Crippen molar-refractivity contribution in [2.45, 2.75) is 18.7 Å². The van der Waals surface area contributed by atoms with E-state index in [1.54, 1.807) is 18.2 Å². The summed E-state index contributed by atoms with van der Waals surface area (Å²) in [4.78, 5) is 11.1. The number of hydrogen-bond acceptors (Lipinski definition) is 3. The highest BCUT2D eigenvalue weighted by Gasteiger charge is 2.20. The molecule has 2 aromatic carbocycles. The zero-order valence-electron chi connectivity index (χ0n) is 11.6. The molecule has 0 unspecified atom stereocenters. The summed E-state index contributed by atoms with van der Waals surface area (Å²) in [6.45, 7) is 3.34. The monoisotopic (exact) mass is 305 g/mol. The third-order valence-electron chi connectivity index (χ3n) is 3.07. The van der Waals surface area contributed by atoms with Crippen LogP contribution in [0.25, 0.3) is 0 Å². The van der Waals surface area contributed by atoms with Crippen LogP contribution in [-0.2, 0) is 10.0 Å². The number of rotatable bonds is 4. The molecule has 0 saturated heterocycles. The Bertz CT molecular complexity index is 797. The Kier molecular flexibility index (Phi) is 3.99. The molecule has 0 aliphatic carbocycles. The number of sulfonamides is 1. The molecule has 0 heterocycles. The van der Waals surface area contributed by atoms with Gasteiger partial charge >= 0.3 is 5.97 Å². The quantitative estimate of drug-likeness (QED) is 0.909. The van der Waals surface area contributed by atoms with Gasteiger partial charge in [-0.05, 0) is 49.2 Å². The molecule has 2 aromatic rings. The fraction of sp³-hybridized carbons (Fsp3) is 0.133. The Labute approximate surface area is 123 Å². The predicted octanol–water partition coefficient (Wildman–Crippen LogP) is 2.80. The Morgan fingerprint density at radius 3 is 2.38 bits per heavy atom. The molecule has 0 bridgehead atoms. The van der Waals surface area contributed by atoms with Gasteiger partial charge < -0.3 is 5.11 Å². The predicted molar refractivity (Wildman–Crippen MR) is 80.1 cm³/mol. The maximum Gasteiger partial charge on any atom is 0.335 e. The molecule has 0 fully saturated rings. The number of anilines is 1. The summed E-state index contributed by atoms with van der Waals surface area (Å²) in [5, 5.41) is 9.07. The minimum absolute atomic E-state index is 0.0258. The molecular weight excluding hydrogens is 290 g/mol. The minimum Gasteiger partial charge on any atom is -0.478 e. The van der Waals surface area contributed by atoms with Crippen LogP contribution in [0.15, 0.2) is 47.4 Å². The van der Waals surface area contributed by atoms with Crippen LogP contribution >= 0.6 is 0 Å². The van der Waals surface area contributed by atoms with Crippen LogP contribution in [-0.4, -0.2) is 19.5 Å². The van der Waals surface area contributed by atoms with Gasteiger partial charge in [0.05, 0.1) is 10.5 Å². The van der Waals surface area contributed by atoms with Crippen LogP contribution in [0.3, 0.4) is 0 Å². The van der Waals surface area contributed by atoms with E-state index in [1.165, 1.54) is 25.1 Å². The highest BCUT2D eigenvalue weighted by Crippen LogP contribution is 2.22. The van der Waals surface area contributed by atoms with Crippen molar-refractivity contribution in [3.05, 3.63) is 59.2 Å². The summed E-state index contributed by atoms with van der Waals surface area (Å²) >= 11 is 0. The van der Waals surface area contributed by atoms with Crippen molar-refractivity contribution >= 4 is 21.7 Å². The van der Waals surface area contributed by atoms with E-state index in [1.807, 2.05) is 13.0 Å². The summed E-state index contributed by atoms with van der Waals surface area (Å²) in [5.74, 6) is -1.15. The lowest BCUT2D eigenvalue weighted by Gasteiger charge is -2.12. The number of carbonyl (C=O) groups is 1. The summed E-state index contributed by atoms with van der Waals surface area (Å²) in [5.41, 5.74) is 1.55. The molecule has 6 heteroatoms. The van der Waals surface area contributed by atoms with Gasteiger partial charge in [0.15, 0.2) is 0 Å². The van der Waals surface area contributed by atoms with Crippen LogP contribution in [0.5, 0.6) is 0 Å². The maximum absolute atomic E-state index is 12.4. The number of aromatic carboxylic acids is 1. The van der Waals surface area contributed by atoms with Gasteiger partial charge in [-0.25, -0.2) is 13.2 Å². The highest BCUT2D eigenvalue weighted by atomic mass is 32.2. The summed E-state index contributed by atoms with van der Waals surface area (Å²) in [6, 6.07) is 11.1. The lowest BCUT2D eigenvalue weighted by molar-refractivity contribution is 0.0696. The molecule has 2 rings (SSSR count).